The van der Waals surface area contributed by atoms with Crippen LogP contribution < -0.4 is 10.1 Å². The Bertz CT molecular complexity index is 585. The zero-order valence-corrected chi connectivity index (χ0v) is 12.5. The molecule has 0 aliphatic carbocycles. The molecule has 0 radical (unpaired) electrons. The van der Waals surface area contributed by atoms with Gasteiger partial charge in [0.15, 0.2) is 0 Å². The molecule has 0 aliphatic heterocycles. The first-order valence-corrected chi connectivity index (χ1v) is 7.08. The van der Waals surface area contributed by atoms with Crippen molar-refractivity contribution in [3.05, 3.63) is 48.3 Å². The fourth-order valence-corrected chi connectivity index (χ4v) is 2.08. The molecular formula is C15H18F3N3O2. The highest BCUT2D eigenvalue weighted by atomic mass is 19.4. The van der Waals surface area contributed by atoms with Crippen molar-refractivity contribution in [2.45, 2.75) is 32.0 Å². The van der Waals surface area contributed by atoms with E-state index in [1.165, 1.54) is 24.3 Å². The lowest BCUT2D eigenvalue weighted by Crippen LogP contribution is -2.33. The standard InChI is InChI=1S/C15H18F3N3O2/c1-11(10-21-8-2-7-20-21)19-9-14(22)12-3-5-13(6-4-12)23-15(16,17)18/h2-8,11,14,19,22H,9-10H2,1H3/t11-,14-/m1/s1. The first-order valence-electron chi connectivity index (χ1n) is 7.08. The average molecular weight is 329 g/mol. The van der Waals surface area contributed by atoms with Crippen LogP contribution in [0.4, 0.5) is 13.2 Å². The molecule has 0 saturated carbocycles. The topological polar surface area (TPSA) is 59.3 Å². The van der Waals surface area contributed by atoms with Crippen LogP contribution in [0.3, 0.4) is 0 Å². The highest BCUT2D eigenvalue weighted by Gasteiger charge is 2.31. The third-order valence-electron chi connectivity index (χ3n) is 3.18. The maximum Gasteiger partial charge on any atom is 0.573 e. The quantitative estimate of drug-likeness (QED) is 0.819. The zero-order valence-electron chi connectivity index (χ0n) is 12.5. The molecule has 23 heavy (non-hydrogen) atoms. The van der Waals surface area contributed by atoms with Crippen molar-refractivity contribution in [2.75, 3.05) is 6.54 Å². The molecule has 0 unspecified atom stereocenters. The molecule has 0 fully saturated rings. The van der Waals surface area contributed by atoms with Crippen molar-refractivity contribution in [1.82, 2.24) is 15.1 Å². The molecule has 2 rings (SSSR count). The molecule has 0 spiro atoms. The van der Waals surface area contributed by atoms with Gasteiger partial charge in [-0.2, -0.15) is 5.10 Å². The minimum absolute atomic E-state index is 0.0809. The molecule has 0 bridgehead atoms. The van der Waals surface area contributed by atoms with Gasteiger partial charge < -0.3 is 15.2 Å². The minimum atomic E-state index is -4.72. The highest BCUT2D eigenvalue weighted by molar-refractivity contribution is 5.28. The molecule has 1 aromatic carbocycles. The SMILES string of the molecule is C[C@H](Cn1cccn1)NC[C@@H](O)c1ccc(OC(F)(F)F)cc1. The maximum absolute atomic E-state index is 12.1. The van der Waals surface area contributed by atoms with Gasteiger partial charge in [0, 0.05) is 25.0 Å². The van der Waals surface area contributed by atoms with Crippen LogP contribution in [0.2, 0.25) is 0 Å². The van der Waals surface area contributed by atoms with Crippen molar-refractivity contribution in [2.24, 2.45) is 0 Å². The van der Waals surface area contributed by atoms with Crippen molar-refractivity contribution in [1.29, 1.82) is 0 Å². The predicted octanol–water partition coefficient (Wildman–Crippen LogP) is 2.49. The van der Waals surface area contributed by atoms with Crippen LogP contribution in [-0.2, 0) is 6.54 Å². The summed E-state index contributed by atoms with van der Waals surface area (Å²) >= 11 is 0. The van der Waals surface area contributed by atoms with E-state index in [0.29, 0.717) is 12.1 Å². The van der Waals surface area contributed by atoms with Gasteiger partial charge in [0.1, 0.15) is 5.75 Å². The van der Waals surface area contributed by atoms with E-state index in [-0.39, 0.29) is 18.3 Å². The molecule has 0 amide bonds. The Kier molecular flexibility index (Phi) is 5.62. The van der Waals surface area contributed by atoms with Crippen LogP contribution in [0.5, 0.6) is 5.75 Å². The summed E-state index contributed by atoms with van der Waals surface area (Å²) in [5.74, 6) is -0.312. The minimum Gasteiger partial charge on any atom is -0.406 e. The van der Waals surface area contributed by atoms with Gasteiger partial charge in [0.25, 0.3) is 0 Å². The molecule has 0 saturated heterocycles. The van der Waals surface area contributed by atoms with Crippen LogP contribution >= 0.6 is 0 Å². The number of alkyl halides is 3. The third kappa shape index (κ3) is 5.91. The predicted molar refractivity (Wildman–Crippen MR) is 77.8 cm³/mol. The van der Waals surface area contributed by atoms with Crippen molar-refractivity contribution >= 4 is 0 Å². The fraction of sp³-hybridized carbons (Fsp3) is 0.400. The highest BCUT2D eigenvalue weighted by Crippen LogP contribution is 2.24. The van der Waals surface area contributed by atoms with Gasteiger partial charge in [0.05, 0.1) is 12.6 Å². The summed E-state index contributed by atoms with van der Waals surface area (Å²) in [6.07, 6.45) is -2.01. The largest absolute Gasteiger partial charge is 0.573 e. The Morgan fingerprint density at radius 3 is 2.57 bits per heavy atom. The van der Waals surface area contributed by atoms with Gasteiger partial charge in [-0.15, -0.1) is 13.2 Å². The van der Waals surface area contributed by atoms with E-state index in [1.54, 1.807) is 10.9 Å². The second-order valence-electron chi connectivity index (χ2n) is 5.17. The fourth-order valence-electron chi connectivity index (χ4n) is 2.08. The number of aliphatic hydroxyl groups is 1. The van der Waals surface area contributed by atoms with Crippen LogP contribution in [0.1, 0.15) is 18.6 Å². The van der Waals surface area contributed by atoms with E-state index < -0.39 is 12.5 Å². The number of benzene rings is 1. The summed E-state index contributed by atoms with van der Waals surface area (Å²) < 4.78 is 41.8. The van der Waals surface area contributed by atoms with E-state index in [9.17, 15) is 18.3 Å². The maximum atomic E-state index is 12.1. The molecule has 2 N–H and O–H groups in total. The summed E-state index contributed by atoms with van der Waals surface area (Å²) in [4.78, 5) is 0. The number of hydrogen-bond acceptors (Lipinski definition) is 4. The monoisotopic (exact) mass is 329 g/mol. The lowest BCUT2D eigenvalue weighted by Gasteiger charge is -2.18. The van der Waals surface area contributed by atoms with E-state index in [4.69, 9.17) is 0 Å². The number of rotatable bonds is 7. The van der Waals surface area contributed by atoms with Crippen molar-refractivity contribution in [3.63, 3.8) is 0 Å². The van der Waals surface area contributed by atoms with Gasteiger partial charge in [-0.05, 0) is 30.7 Å². The Labute approximate surface area is 131 Å². The second kappa shape index (κ2) is 7.47. The average Bonchev–Trinajstić information content (AvgIpc) is 2.97. The van der Waals surface area contributed by atoms with Crippen LogP contribution in [0, 0.1) is 0 Å². The Morgan fingerprint density at radius 1 is 1.30 bits per heavy atom. The molecule has 0 aliphatic rings. The third-order valence-corrected chi connectivity index (χ3v) is 3.18. The molecule has 2 aromatic rings. The molecule has 126 valence electrons. The number of ether oxygens (including phenoxy) is 1. The van der Waals surface area contributed by atoms with E-state index >= 15 is 0 Å². The number of hydrogen-bond donors (Lipinski definition) is 2. The van der Waals surface area contributed by atoms with Crippen LogP contribution in [0.25, 0.3) is 0 Å². The normalized spacial score (nSPS) is 14.5. The van der Waals surface area contributed by atoms with Gasteiger partial charge in [-0.1, -0.05) is 12.1 Å². The first-order chi connectivity index (χ1) is 10.8. The van der Waals surface area contributed by atoms with Gasteiger partial charge in [0.2, 0.25) is 0 Å². The van der Waals surface area contributed by atoms with Crippen LogP contribution in [0.15, 0.2) is 42.7 Å². The van der Waals surface area contributed by atoms with Gasteiger partial charge in [-0.3, -0.25) is 4.68 Å². The van der Waals surface area contributed by atoms with Crippen molar-refractivity contribution < 1.29 is 23.0 Å². The number of aromatic nitrogens is 2. The Morgan fingerprint density at radius 2 is 2.00 bits per heavy atom. The van der Waals surface area contributed by atoms with E-state index in [2.05, 4.69) is 15.2 Å². The summed E-state index contributed by atoms with van der Waals surface area (Å²) in [6.45, 7) is 2.88. The number of aliphatic hydroxyl groups excluding tert-OH is 1. The smallest absolute Gasteiger partial charge is 0.406 e. The number of nitrogens with zero attached hydrogens (tertiary/aromatic N) is 2. The molecule has 2 atom stereocenters. The number of halogens is 3. The lowest BCUT2D eigenvalue weighted by molar-refractivity contribution is -0.274. The van der Waals surface area contributed by atoms with Crippen LogP contribution in [-0.4, -0.2) is 33.8 Å². The van der Waals surface area contributed by atoms with Gasteiger partial charge in [-0.25, -0.2) is 0 Å². The Balaban J connectivity index is 1.82. The van der Waals surface area contributed by atoms with E-state index in [1.807, 2.05) is 19.2 Å². The van der Waals surface area contributed by atoms with E-state index in [0.717, 1.165) is 0 Å². The molecule has 8 heteroatoms. The molecule has 1 aromatic heterocycles. The van der Waals surface area contributed by atoms with Gasteiger partial charge >= 0.3 is 6.36 Å². The summed E-state index contributed by atoms with van der Waals surface area (Å²) in [7, 11) is 0. The lowest BCUT2D eigenvalue weighted by atomic mass is 10.1. The van der Waals surface area contributed by atoms with Crippen molar-refractivity contribution in [3.8, 4) is 5.75 Å². The summed E-state index contributed by atoms with van der Waals surface area (Å²) in [6, 6.07) is 7.08. The molecule has 1 heterocycles. The Hall–Kier alpha value is -2.06. The summed E-state index contributed by atoms with van der Waals surface area (Å²) in [5, 5.41) is 17.3. The summed E-state index contributed by atoms with van der Waals surface area (Å²) in [5.41, 5.74) is 0.512. The second-order valence-corrected chi connectivity index (χ2v) is 5.17. The first kappa shape index (κ1) is 17.3. The molecular weight excluding hydrogens is 311 g/mol. The number of nitrogens with one attached hydrogen (secondary N) is 1. The molecule has 5 nitrogen and oxygen atoms in total. The zero-order chi connectivity index (χ0) is 16.9.